The molecule has 3 aliphatic rings. The van der Waals surface area contributed by atoms with Crippen molar-refractivity contribution in [2.45, 2.75) is 70.1 Å². The Hall–Kier alpha value is -3.33. The van der Waals surface area contributed by atoms with E-state index in [9.17, 15) is 9.59 Å². The third-order valence-corrected chi connectivity index (χ3v) is 7.17. The molecule has 1 amide bonds. The summed E-state index contributed by atoms with van der Waals surface area (Å²) in [6, 6.07) is 5.20. The predicted molar refractivity (Wildman–Crippen MR) is 133 cm³/mol. The van der Waals surface area contributed by atoms with Crippen molar-refractivity contribution in [2.75, 3.05) is 13.7 Å². The molecule has 9 nitrogen and oxygen atoms in total. The number of nitrogens with one attached hydrogen (secondary N) is 1. The minimum absolute atomic E-state index is 0.0295. The number of hydrogen-bond donors (Lipinski definition) is 1. The highest BCUT2D eigenvalue weighted by Crippen LogP contribution is 2.49. The van der Waals surface area contributed by atoms with Crippen molar-refractivity contribution in [3.05, 3.63) is 42.6 Å². The van der Waals surface area contributed by atoms with Gasteiger partial charge in [-0.15, -0.1) is 6.58 Å². The molecule has 1 aromatic heterocycles. The molecule has 1 saturated carbocycles. The first-order valence-electron chi connectivity index (χ1n) is 12.3. The Bertz CT molecular complexity index is 1220. The molecule has 5 atom stereocenters. The molecule has 3 heterocycles. The van der Waals surface area contributed by atoms with Crippen molar-refractivity contribution < 1.29 is 28.5 Å². The molecular formula is C27H33N3O6. The van der Waals surface area contributed by atoms with Crippen molar-refractivity contribution in [3.63, 3.8) is 0 Å². The lowest BCUT2D eigenvalue weighted by atomic mass is 10.1. The summed E-state index contributed by atoms with van der Waals surface area (Å²) in [7, 11) is 1.63. The van der Waals surface area contributed by atoms with E-state index in [1.165, 1.54) is 0 Å². The number of methoxy groups -OCH3 is 1. The highest BCUT2D eigenvalue weighted by Gasteiger charge is 2.66. The number of benzene rings is 1. The van der Waals surface area contributed by atoms with Crippen LogP contribution < -0.4 is 14.8 Å². The van der Waals surface area contributed by atoms with Crippen molar-refractivity contribution in [1.82, 2.24) is 15.2 Å². The van der Waals surface area contributed by atoms with E-state index in [0.29, 0.717) is 25.1 Å². The topological polar surface area (TPSA) is 99.2 Å². The molecule has 2 aliphatic heterocycles. The Morgan fingerprint density at radius 3 is 2.75 bits per heavy atom. The summed E-state index contributed by atoms with van der Waals surface area (Å²) in [6.07, 6.45) is 3.15. The number of carbonyl (C=O) groups excluding carboxylic acids is 2. The van der Waals surface area contributed by atoms with Gasteiger partial charge in [-0.1, -0.05) is 6.08 Å². The largest absolute Gasteiger partial charge is 0.496 e. The number of nitrogens with zero attached hydrogens (tertiary/aromatic N) is 2. The highest BCUT2D eigenvalue weighted by molar-refractivity contribution is 5.89. The molecule has 1 aliphatic carbocycles. The summed E-state index contributed by atoms with van der Waals surface area (Å²) >= 11 is 0. The maximum atomic E-state index is 13.2. The molecule has 2 saturated heterocycles. The Morgan fingerprint density at radius 2 is 2.08 bits per heavy atom. The Labute approximate surface area is 210 Å². The van der Waals surface area contributed by atoms with Crippen LogP contribution in [0, 0.1) is 12.8 Å². The van der Waals surface area contributed by atoms with E-state index >= 15 is 0 Å². The summed E-state index contributed by atoms with van der Waals surface area (Å²) in [4.78, 5) is 32.0. The zero-order valence-electron chi connectivity index (χ0n) is 21.4. The van der Waals surface area contributed by atoms with Gasteiger partial charge in [0.2, 0.25) is 0 Å². The van der Waals surface area contributed by atoms with Crippen molar-refractivity contribution in [3.8, 4) is 11.5 Å². The number of carbonyl (C=O) groups is 2. The van der Waals surface area contributed by atoms with Crippen LogP contribution in [0.5, 0.6) is 11.5 Å². The maximum Gasteiger partial charge on any atom is 0.410 e. The molecule has 1 spiro atoms. The number of ether oxygens (including phenoxy) is 4. The zero-order valence-corrected chi connectivity index (χ0v) is 21.4. The Morgan fingerprint density at radius 1 is 1.31 bits per heavy atom. The van der Waals surface area contributed by atoms with E-state index in [4.69, 9.17) is 18.9 Å². The van der Waals surface area contributed by atoms with Gasteiger partial charge in [-0.2, -0.15) is 0 Å². The molecule has 1 aromatic carbocycles. The Balaban J connectivity index is 1.40. The van der Waals surface area contributed by atoms with Crippen LogP contribution >= 0.6 is 0 Å². The lowest BCUT2D eigenvalue weighted by Gasteiger charge is -2.30. The number of pyridine rings is 1. The van der Waals surface area contributed by atoms with Gasteiger partial charge in [0, 0.05) is 29.5 Å². The number of esters is 1. The molecule has 2 aromatic rings. The van der Waals surface area contributed by atoms with E-state index in [1.54, 1.807) is 24.3 Å². The first-order valence-corrected chi connectivity index (χ1v) is 12.3. The molecular weight excluding hydrogens is 462 g/mol. The van der Waals surface area contributed by atoms with Gasteiger partial charge in [0.15, 0.2) is 6.23 Å². The number of aromatic nitrogens is 1. The smallest absolute Gasteiger partial charge is 0.410 e. The van der Waals surface area contributed by atoms with Crippen LogP contribution in [0.3, 0.4) is 0 Å². The van der Waals surface area contributed by atoms with Crippen molar-refractivity contribution >= 4 is 23.0 Å². The summed E-state index contributed by atoms with van der Waals surface area (Å²) in [6.45, 7) is 11.5. The standard InChI is InChI=1S/C27H33N3O6/c1-7-16-13-27(16)24(31)35-23(29-27)19-12-17(14-30(19)25(32)36-26(3,4)5)34-21-10-11-28-22-15(2)20(33-6)9-8-18(21)22/h7-11,16-17,19,23,29H,1,12-14H2,2-6H3/t16-,17-,19+,23?,27-/m1/s1. The number of likely N-dealkylation sites (tertiary alicyclic amines) is 1. The summed E-state index contributed by atoms with van der Waals surface area (Å²) in [5.74, 6) is 1.16. The number of hydrogen-bond acceptors (Lipinski definition) is 8. The van der Waals surface area contributed by atoms with E-state index in [0.717, 1.165) is 22.2 Å². The van der Waals surface area contributed by atoms with Crippen LogP contribution in [0.4, 0.5) is 4.79 Å². The molecule has 0 bridgehead atoms. The summed E-state index contributed by atoms with van der Waals surface area (Å²) in [5.41, 5.74) is 0.323. The van der Waals surface area contributed by atoms with E-state index in [1.807, 2.05) is 45.9 Å². The number of aryl methyl sites for hydroxylation is 1. The first-order chi connectivity index (χ1) is 17.1. The third-order valence-electron chi connectivity index (χ3n) is 7.17. The van der Waals surface area contributed by atoms with E-state index < -0.39 is 29.5 Å². The zero-order chi connectivity index (χ0) is 25.8. The second kappa shape index (κ2) is 8.65. The SMILES string of the molecule is C=C[C@@H]1C[C@@]12NC([C@@H]1C[C@@H](Oc3ccnc4c(C)c(OC)ccc34)CN1C(=O)OC(C)(C)C)OC2=O. The predicted octanol–water partition coefficient (Wildman–Crippen LogP) is 3.73. The van der Waals surface area contributed by atoms with Gasteiger partial charge >= 0.3 is 12.1 Å². The third kappa shape index (κ3) is 4.15. The van der Waals surface area contributed by atoms with Crippen LogP contribution in [-0.2, 0) is 14.3 Å². The second-order valence-electron chi connectivity index (χ2n) is 10.8. The fourth-order valence-corrected chi connectivity index (χ4v) is 5.26. The van der Waals surface area contributed by atoms with Gasteiger partial charge in [-0.25, -0.2) is 9.59 Å². The van der Waals surface area contributed by atoms with Crippen molar-refractivity contribution in [1.29, 1.82) is 0 Å². The van der Waals surface area contributed by atoms with Crippen LogP contribution in [-0.4, -0.2) is 65.1 Å². The highest BCUT2D eigenvalue weighted by atomic mass is 16.6. The summed E-state index contributed by atoms with van der Waals surface area (Å²) in [5, 5.41) is 4.20. The van der Waals surface area contributed by atoms with Gasteiger partial charge in [-0.3, -0.25) is 15.2 Å². The van der Waals surface area contributed by atoms with Crippen LogP contribution in [0.1, 0.15) is 39.2 Å². The van der Waals surface area contributed by atoms with E-state index in [2.05, 4.69) is 16.9 Å². The average molecular weight is 496 g/mol. The average Bonchev–Trinajstić information content (AvgIpc) is 3.21. The van der Waals surface area contributed by atoms with E-state index in [-0.39, 0.29) is 18.0 Å². The first kappa shape index (κ1) is 24.4. The molecule has 9 heteroatoms. The lowest BCUT2D eigenvalue weighted by molar-refractivity contribution is -0.145. The molecule has 5 rings (SSSR count). The second-order valence-corrected chi connectivity index (χ2v) is 10.8. The minimum Gasteiger partial charge on any atom is -0.496 e. The van der Waals surface area contributed by atoms with Crippen LogP contribution in [0.25, 0.3) is 10.9 Å². The fraction of sp³-hybridized carbons (Fsp3) is 0.519. The number of fused-ring (bicyclic) bond motifs is 1. The number of amides is 1. The fourth-order valence-electron chi connectivity index (χ4n) is 5.26. The molecule has 0 radical (unpaired) electrons. The van der Waals surface area contributed by atoms with Crippen LogP contribution in [0.15, 0.2) is 37.1 Å². The molecule has 1 unspecified atom stereocenters. The number of rotatable bonds is 5. The van der Waals surface area contributed by atoms with Gasteiger partial charge in [0.25, 0.3) is 0 Å². The van der Waals surface area contributed by atoms with Crippen LogP contribution in [0.2, 0.25) is 0 Å². The maximum absolute atomic E-state index is 13.2. The quantitative estimate of drug-likeness (QED) is 0.495. The lowest BCUT2D eigenvalue weighted by Crippen LogP contribution is -2.50. The molecule has 3 fully saturated rings. The summed E-state index contributed by atoms with van der Waals surface area (Å²) < 4.78 is 23.3. The van der Waals surface area contributed by atoms with Crippen molar-refractivity contribution in [2.24, 2.45) is 5.92 Å². The Kier molecular flexibility index (Phi) is 5.86. The molecule has 36 heavy (non-hydrogen) atoms. The molecule has 192 valence electrons. The van der Waals surface area contributed by atoms with Gasteiger partial charge in [0.05, 0.1) is 25.2 Å². The number of cyclic esters (lactones) is 1. The van der Waals surface area contributed by atoms with Gasteiger partial charge < -0.3 is 18.9 Å². The van der Waals surface area contributed by atoms with Gasteiger partial charge in [-0.05, 0) is 52.3 Å². The monoisotopic (exact) mass is 495 g/mol. The normalized spacial score (nSPS) is 29.4. The molecule has 1 N–H and O–H groups in total. The minimum atomic E-state index is -0.733. The van der Waals surface area contributed by atoms with Gasteiger partial charge in [0.1, 0.15) is 28.7 Å².